The second-order valence-electron chi connectivity index (χ2n) is 5.24. The van der Waals surface area contributed by atoms with Crippen molar-refractivity contribution in [2.75, 3.05) is 0 Å². The summed E-state index contributed by atoms with van der Waals surface area (Å²) in [5.41, 5.74) is 4.68. The summed E-state index contributed by atoms with van der Waals surface area (Å²) in [6.07, 6.45) is 0. The highest BCUT2D eigenvalue weighted by molar-refractivity contribution is 7.79. The van der Waals surface area contributed by atoms with Gasteiger partial charge in [-0.15, -0.1) is 11.3 Å². The number of hydrogen-bond acceptors (Lipinski definition) is 2. The third kappa shape index (κ3) is 3.04. The normalized spacial score (nSPS) is 12.3. The summed E-state index contributed by atoms with van der Waals surface area (Å²) < 4.78 is 20.2. The van der Waals surface area contributed by atoms with Crippen LogP contribution in [0, 0.1) is 13.8 Å². The van der Waals surface area contributed by atoms with Gasteiger partial charge in [0.05, 0.1) is 4.90 Å². The molecule has 1 atom stereocenters. The lowest BCUT2D eigenvalue weighted by Gasteiger charge is -2.05. The van der Waals surface area contributed by atoms with Crippen LogP contribution in [0.15, 0.2) is 59.5 Å². The maximum Gasteiger partial charge on any atom is 0.186 e. The minimum absolute atomic E-state index is 0.424. The van der Waals surface area contributed by atoms with E-state index in [1.807, 2.05) is 12.1 Å². The third-order valence-electron chi connectivity index (χ3n) is 3.54. The molecule has 0 fully saturated rings. The molecule has 3 aromatic rings. The van der Waals surface area contributed by atoms with Crippen LogP contribution in [0.1, 0.15) is 10.4 Å². The van der Waals surface area contributed by atoms with E-state index < -0.39 is 11.1 Å². The van der Waals surface area contributed by atoms with Crippen molar-refractivity contribution in [3.05, 3.63) is 65.0 Å². The molecule has 0 saturated heterocycles. The maximum atomic E-state index is 11.1. The Bertz CT molecular complexity index is 815. The second-order valence-corrected chi connectivity index (χ2v) is 7.47. The summed E-state index contributed by atoms with van der Waals surface area (Å²) in [5, 5.41) is 0. The van der Waals surface area contributed by atoms with Crippen molar-refractivity contribution in [2.45, 2.75) is 18.7 Å². The first kappa shape index (κ1) is 15.2. The zero-order chi connectivity index (χ0) is 15.7. The van der Waals surface area contributed by atoms with Crippen LogP contribution >= 0.6 is 11.3 Å². The monoisotopic (exact) mass is 328 g/mol. The zero-order valence-corrected chi connectivity index (χ0v) is 14.0. The fourth-order valence-corrected chi connectivity index (χ4v) is 3.81. The highest BCUT2D eigenvalue weighted by Gasteiger charge is 2.12. The molecule has 0 bridgehead atoms. The first-order valence-corrected chi connectivity index (χ1v) is 8.85. The molecule has 0 saturated carbocycles. The third-order valence-corrected chi connectivity index (χ3v) is 5.31. The van der Waals surface area contributed by atoms with Crippen molar-refractivity contribution in [3.8, 4) is 21.6 Å². The van der Waals surface area contributed by atoms with Gasteiger partial charge in [0.2, 0.25) is 0 Å². The average Bonchev–Trinajstić information content (AvgIpc) is 2.90. The van der Waals surface area contributed by atoms with Crippen LogP contribution in [0.3, 0.4) is 0 Å². The highest BCUT2D eigenvalue weighted by atomic mass is 32.2. The van der Waals surface area contributed by atoms with Crippen LogP contribution in [0.4, 0.5) is 0 Å². The van der Waals surface area contributed by atoms with E-state index in [4.69, 9.17) is 4.55 Å². The Hall–Kier alpha value is -1.75. The molecule has 2 nitrogen and oxygen atoms in total. The van der Waals surface area contributed by atoms with Crippen molar-refractivity contribution in [2.24, 2.45) is 0 Å². The Morgan fingerprint density at radius 3 is 2.09 bits per heavy atom. The van der Waals surface area contributed by atoms with Gasteiger partial charge in [-0.05, 0) is 43.2 Å². The van der Waals surface area contributed by atoms with Gasteiger partial charge in [0.25, 0.3) is 0 Å². The van der Waals surface area contributed by atoms with E-state index in [0.717, 1.165) is 5.56 Å². The molecule has 0 aliphatic heterocycles. The van der Waals surface area contributed by atoms with Crippen molar-refractivity contribution in [3.63, 3.8) is 0 Å². The number of aryl methyl sites for hydroxylation is 2. The van der Waals surface area contributed by atoms with Crippen LogP contribution < -0.4 is 0 Å². The van der Waals surface area contributed by atoms with Gasteiger partial charge in [-0.2, -0.15) is 0 Å². The van der Waals surface area contributed by atoms with Crippen molar-refractivity contribution in [1.29, 1.82) is 0 Å². The molecule has 112 valence electrons. The van der Waals surface area contributed by atoms with Gasteiger partial charge in [-0.1, -0.05) is 42.0 Å². The number of rotatable bonds is 3. The lowest BCUT2D eigenvalue weighted by molar-refractivity contribution is 0.564. The summed E-state index contributed by atoms with van der Waals surface area (Å²) in [7, 11) is 0. The minimum atomic E-state index is -1.93. The fraction of sp³-hybridized carbons (Fsp3) is 0.111. The fourth-order valence-electron chi connectivity index (χ4n) is 2.40. The molecule has 1 aromatic heterocycles. The predicted molar refractivity (Wildman–Crippen MR) is 93.7 cm³/mol. The van der Waals surface area contributed by atoms with Crippen LogP contribution in [-0.2, 0) is 11.1 Å². The molecule has 1 heterocycles. The Kier molecular flexibility index (Phi) is 4.25. The van der Waals surface area contributed by atoms with Gasteiger partial charge in [0, 0.05) is 15.3 Å². The summed E-state index contributed by atoms with van der Waals surface area (Å²) in [4.78, 5) is 2.91. The standard InChI is InChI=1S/C18H16O2S2/c1-12-3-5-15(6-4-12)18-17(11-13(2)21-18)14-7-9-16(10-8-14)22(19)20/h3-11H,1-2H3,(H,19,20). The molecule has 0 radical (unpaired) electrons. The van der Waals surface area contributed by atoms with E-state index >= 15 is 0 Å². The zero-order valence-electron chi connectivity index (χ0n) is 12.4. The molecule has 0 aliphatic rings. The van der Waals surface area contributed by atoms with Crippen molar-refractivity contribution >= 4 is 22.4 Å². The predicted octanol–water partition coefficient (Wildman–Crippen LogP) is 5.28. The molecule has 1 unspecified atom stereocenters. The molecule has 0 spiro atoms. The van der Waals surface area contributed by atoms with Crippen molar-refractivity contribution in [1.82, 2.24) is 0 Å². The second kappa shape index (κ2) is 6.16. The Labute approximate surface area is 136 Å². The number of hydrogen-bond donors (Lipinski definition) is 1. The summed E-state index contributed by atoms with van der Waals surface area (Å²) in [6.45, 7) is 4.18. The van der Waals surface area contributed by atoms with E-state index in [1.54, 1.807) is 23.5 Å². The van der Waals surface area contributed by atoms with Gasteiger partial charge in [0.1, 0.15) is 0 Å². The maximum absolute atomic E-state index is 11.1. The largest absolute Gasteiger partial charge is 0.302 e. The van der Waals surface area contributed by atoms with Gasteiger partial charge < -0.3 is 4.55 Å². The quantitative estimate of drug-likeness (QED) is 0.664. The topological polar surface area (TPSA) is 37.3 Å². The first-order chi connectivity index (χ1) is 10.5. The van der Waals surface area contributed by atoms with Gasteiger partial charge >= 0.3 is 0 Å². The van der Waals surface area contributed by atoms with E-state index in [1.165, 1.54) is 26.4 Å². The number of thiophene rings is 1. The lowest BCUT2D eigenvalue weighted by Crippen LogP contribution is -1.87. The van der Waals surface area contributed by atoms with E-state index in [-0.39, 0.29) is 0 Å². The molecular formula is C18H16O2S2. The van der Waals surface area contributed by atoms with Gasteiger partial charge in [-0.25, -0.2) is 4.21 Å². The Morgan fingerprint density at radius 2 is 1.50 bits per heavy atom. The minimum Gasteiger partial charge on any atom is -0.302 e. The van der Waals surface area contributed by atoms with Gasteiger partial charge in [0.15, 0.2) is 11.1 Å². The molecule has 2 aromatic carbocycles. The molecule has 0 aliphatic carbocycles. The van der Waals surface area contributed by atoms with E-state index in [2.05, 4.69) is 44.2 Å². The molecule has 0 amide bonds. The van der Waals surface area contributed by atoms with E-state index in [0.29, 0.717) is 4.90 Å². The summed E-state index contributed by atoms with van der Waals surface area (Å²) >= 11 is -0.161. The smallest absolute Gasteiger partial charge is 0.186 e. The van der Waals surface area contributed by atoms with Crippen molar-refractivity contribution < 1.29 is 8.76 Å². The van der Waals surface area contributed by atoms with Crippen LogP contribution in [0.25, 0.3) is 21.6 Å². The Balaban J connectivity index is 2.07. The van der Waals surface area contributed by atoms with Gasteiger partial charge in [-0.3, -0.25) is 0 Å². The van der Waals surface area contributed by atoms with Crippen LogP contribution in [0.5, 0.6) is 0 Å². The van der Waals surface area contributed by atoms with E-state index in [9.17, 15) is 4.21 Å². The SMILES string of the molecule is Cc1ccc(-c2sc(C)cc2-c2ccc(S(=O)O)cc2)cc1. The Morgan fingerprint density at radius 1 is 0.909 bits per heavy atom. The number of benzene rings is 2. The lowest BCUT2D eigenvalue weighted by atomic mass is 10.0. The molecule has 22 heavy (non-hydrogen) atoms. The average molecular weight is 328 g/mol. The summed E-state index contributed by atoms with van der Waals surface area (Å²) in [6, 6.07) is 17.9. The molecule has 3 rings (SSSR count). The summed E-state index contributed by atoms with van der Waals surface area (Å²) in [5.74, 6) is 0. The van der Waals surface area contributed by atoms with Crippen LogP contribution in [0.2, 0.25) is 0 Å². The van der Waals surface area contributed by atoms with Crippen LogP contribution in [-0.4, -0.2) is 8.76 Å². The molecular weight excluding hydrogens is 312 g/mol. The highest BCUT2D eigenvalue weighted by Crippen LogP contribution is 2.39. The molecule has 1 N–H and O–H groups in total. The molecule has 4 heteroatoms. The first-order valence-electron chi connectivity index (χ1n) is 6.93.